The van der Waals surface area contributed by atoms with Crippen LogP contribution in [0.15, 0.2) is 18.2 Å². The molecule has 18 heavy (non-hydrogen) atoms. The lowest BCUT2D eigenvalue weighted by atomic mass is 10.1. The van der Waals surface area contributed by atoms with E-state index < -0.39 is 0 Å². The Kier molecular flexibility index (Phi) is 3.66. The van der Waals surface area contributed by atoms with Crippen LogP contribution in [0.1, 0.15) is 10.4 Å². The summed E-state index contributed by atoms with van der Waals surface area (Å²) < 4.78 is 5.20. The largest absolute Gasteiger partial charge is 0.397 e. The Morgan fingerprint density at radius 2 is 1.89 bits per heavy atom. The second kappa shape index (κ2) is 5.21. The number of ether oxygens (including phenoxy) is 1. The monoisotopic (exact) mass is 251 g/mol. The molecule has 0 aromatic heterocycles. The number of amides is 1. The lowest BCUT2D eigenvalue weighted by Gasteiger charge is -2.33. The quantitative estimate of drug-likeness (QED) is 0.280. The number of carbonyl (C=O) groups excluding carboxylic acids is 1. The maximum absolute atomic E-state index is 12.1. The zero-order chi connectivity index (χ0) is 13.1. The molecule has 1 aromatic carbocycles. The van der Waals surface area contributed by atoms with Gasteiger partial charge in [0.15, 0.2) is 0 Å². The summed E-state index contributed by atoms with van der Waals surface area (Å²) in [6.07, 6.45) is 0. The number of morpholine rings is 1. The molecule has 7 nitrogen and oxygen atoms in total. The fourth-order valence-electron chi connectivity index (χ4n) is 1.74. The molecule has 0 bridgehead atoms. The highest BCUT2D eigenvalue weighted by molar-refractivity contribution is 5.95. The molecule has 0 unspecified atom stereocenters. The number of nitrogens with zero attached hydrogens (tertiary/aromatic N) is 2. The molecule has 0 radical (unpaired) electrons. The zero-order valence-corrected chi connectivity index (χ0v) is 10.0. The molecule has 1 amide bonds. The first-order valence-electron chi connectivity index (χ1n) is 5.66. The lowest BCUT2D eigenvalue weighted by molar-refractivity contribution is -0.0708. The van der Waals surface area contributed by atoms with Crippen LogP contribution in [-0.2, 0) is 4.74 Å². The molecular formula is C11H17N5O2. The number of anilines is 2. The van der Waals surface area contributed by atoms with Crippen molar-refractivity contribution in [1.82, 2.24) is 10.1 Å². The third-order valence-electron chi connectivity index (χ3n) is 2.83. The first kappa shape index (κ1) is 12.6. The van der Waals surface area contributed by atoms with Crippen molar-refractivity contribution in [3.8, 4) is 0 Å². The van der Waals surface area contributed by atoms with Gasteiger partial charge in [0.05, 0.1) is 24.6 Å². The Hall–Kier alpha value is -1.83. The van der Waals surface area contributed by atoms with Gasteiger partial charge < -0.3 is 16.2 Å². The van der Waals surface area contributed by atoms with Gasteiger partial charge in [-0.25, -0.2) is 11.0 Å². The van der Waals surface area contributed by atoms with Crippen LogP contribution in [0.2, 0.25) is 0 Å². The van der Waals surface area contributed by atoms with Gasteiger partial charge in [0.2, 0.25) is 0 Å². The number of hydrogen-bond donors (Lipinski definition) is 3. The summed E-state index contributed by atoms with van der Waals surface area (Å²) in [5, 5.41) is 2.84. The fourth-order valence-corrected chi connectivity index (χ4v) is 1.74. The average Bonchev–Trinajstić information content (AvgIpc) is 2.41. The molecule has 1 heterocycles. The molecule has 1 aliphatic rings. The molecule has 7 heteroatoms. The molecule has 1 saturated heterocycles. The lowest BCUT2D eigenvalue weighted by Crippen LogP contribution is -2.55. The Morgan fingerprint density at radius 1 is 1.22 bits per heavy atom. The van der Waals surface area contributed by atoms with E-state index in [0.29, 0.717) is 43.2 Å². The maximum atomic E-state index is 12.1. The van der Waals surface area contributed by atoms with Crippen LogP contribution < -0.4 is 17.3 Å². The van der Waals surface area contributed by atoms with Crippen LogP contribution in [0.3, 0.4) is 0 Å². The smallest absolute Gasteiger partial charge is 0.282 e. The van der Waals surface area contributed by atoms with E-state index in [4.69, 9.17) is 22.0 Å². The Bertz CT molecular complexity index is 445. The van der Waals surface area contributed by atoms with Crippen molar-refractivity contribution in [2.75, 3.05) is 37.8 Å². The van der Waals surface area contributed by atoms with Crippen molar-refractivity contribution in [3.05, 3.63) is 23.8 Å². The molecule has 1 aromatic rings. The summed E-state index contributed by atoms with van der Waals surface area (Å²) in [6, 6.07) is 4.72. The van der Waals surface area contributed by atoms with Gasteiger partial charge in [-0.3, -0.25) is 4.79 Å². The summed E-state index contributed by atoms with van der Waals surface area (Å²) in [7, 11) is 0. The van der Waals surface area contributed by atoms with Crippen molar-refractivity contribution in [1.29, 1.82) is 0 Å². The molecule has 0 atom stereocenters. The number of carbonyl (C=O) groups is 1. The van der Waals surface area contributed by atoms with Crippen LogP contribution in [0.5, 0.6) is 0 Å². The second-order valence-electron chi connectivity index (χ2n) is 4.06. The number of rotatable bonds is 2. The predicted octanol–water partition coefficient (Wildman–Crippen LogP) is -0.586. The molecule has 0 saturated carbocycles. The van der Waals surface area contributed by atoms with Gasteiger partial charge in [0.25, 0.3) is 5.91 Å². The first-order chi connectivity index (χ1) is 8.59. The molecule has 0 aliphatic carbocycles. The second-order valence-corrected chi connectivity index (χ2v) is 4.06. The van der Waals surface area contributed by atoms with Crippen LogP contribution in [-0.4, -0.2) is 42.3 Å². The molecule has 6 N–H and O–H groups in total. The van der Waals surface area contributed by atoms with Crippen molar-refractivity contribution in [3.63, 3.8) is 0 Å². The van der Waals surface area contributed by atoms with Gasteiger partial charge in [0, 0.05) is 18.7 Å². The Balaban J connectivity index is 2.11. The van der Waals surface area contributed by atoms with Crippen LogP contribution >= 0.6 is 0 Å². The molecule has 1 aliphatic heterocycles. The summed E-state index contributed by atoms with van der Waals surface area (Å²) in [4.78, 5) is 12.1. The summed E-state index contributed by atoms with van der Waals surface area (Å²) in [5.41, 5.74) is 12.5. The normalized spacial score (nSPS) is 16.5. The minimum Gasteiger partial charge on any atom is -0.397 e. The topological polar surface area (TPSA) is 111 Å². The van der Waals surface area contributed by atoms with Gasteiger partial charge in [-0.1, -0.05) is 0 Å². The Morgan fingerprint density at radius 3 is 2.50 bits per heavy atom. The highest BCUT2D eigenvalue weighted by Crippen LogP contribution is 2.17. The zero-order valence-electron chi connectivity index (χ0n) is 10.0. The van der Waals surface area contributed by atoms with Crippen LogP contribution in [0.4, 0.5) is 11.4 Å². The molecule has 1 fully saturated rings. The van der Waals surface area contributed by atoms with Gasteiger partial charge in [-0.05, 0) is 18.2 Å². The van der Waals surface area contributed by atoms with Crippen molar-refractivity contribution < 1.29 is 9.53 Å². The predicted molar refractivity (Wildman–Crippen MR) is 68.0 cm³/mol. The van der Waals surface area contributed by atoms with Gasteiger partial charge in [-0.2, -0.15) is 5.01 Å². The highest BCUT2D eigenvalue weighted by atomic mass is 16.5. The molecule has 2 rings (SSSR count). The maximum Gasteiger partial charge on any atom is 0.282 e. The van der Waals surface area contributed by atoms with E-state index in [-0.39, 0.29) is 5.91 Å². The van der Waals surface area contributed by atoms with E-state index in [0.717, 1.165) is 5.12 Å². The summed E-state index contributed by atoms with van der Waals surface area (Å²) >= 11 is 0. The van der Waals surface area contributed by atoms with E-state index in [9.17, 15) is 4.79 Å². The van der Waals surface area contributed by atoms with Crippen molar-refractivity contribution >= 4 is 17.3 Å². The minimum absolute atomic E-state index is 0.316. The van der Waals surface area contributed by atoms with Gasteiger partial charge in [0.1, 0.15) is 0 Å². The van der Waals surface area contributed by atoms with E-state index in [2.05, 4.69) is 0 Å². The van der Waals surface area contributed by atoms with E-state index in [1.54, 1.807) is 17.1 Å². The Labute approximate surface area is 105 Å². The summed E-state index contributed by atoms with van der Waals surface area (Å²) in [6.45, 7) is 2.30. The third-order valence-corrected chi connectivity index (χ3v) is 2.83. The van der Waals surface area contributed by atoms with Gasteiger partial charge >= 0.3 is 0 Å². The third kappa shape index (κ3) is 2.53. The number of benzene rings is 1. The summed E-state index contributed by atoms with van der Waals surface area (Å²) in [5.74, 6) is 5.48. The average molecular weight is 251 g/mol. The van der Waals surface area contributed by atoms with E-state index in [1.165, 1.54) is 6.07 Å². The van der Waals surface area contributed by atoms with Crippen LogP contribution in [0, 0.1) is 0 Å². The van der Waals surface area contributed by atoms with Gasteiger partial charge in [-0.15, -0.1) is 0 Å². The molecular weight excluding hydrogens is 234 g/mol. The van der Waals surface area contributed by atoms with Crippen molar-refractivity contribution in [2.45, 2.75) is 0 Å². The van der Waals surface area contributed by atoms with Crippen molar-refractivity contribution in [2.24, 2.45) is 5.84 Å². The number of hydrazine groups is 2. The standard InChI is InChI=1S/C11H17N5O2/c12-9-2-1-8(7-10(9)13)11(17)16(14)15-3-5-18-6-4-15/h1-2,7H,3-6,12-14H2. The molecule has 98 valence electrons. The number of nitrogens with two attached hydrogens (primary N) is 3. The van der Waals surface area contributed by atoms with Crippen LogP contribution in [0.25, 0.3) is 0 Å². The van der Waals surface area contributed by atoms with E-state index >= 15 is 0 Å². The minimum atomic E-state index is -0.316. The number of hydrogen-bond acceptors (Lipinski definition) is 6. The SMILES string of the molecule is Nc1ccc(C(=O)N(N)N2CCOCC2)cc1N. The number of nitrogen functional groups attached to an aromatic ring is 2. The first-order valence-corrected chi connectivity index (χ1v) is 5.66. The fraction of sp³-hybridized carbons (Fsp3) is 0.364. The van der Waals surface area contributed by atoms with E-state index in [1.807, 2.05) is 0 Å². The molecule has 0 spiro atoms. The highest BCUT2D eigenvalue weighted by Gasteiger charge is 2.22.